The predicted molar refractivity (Wildman–Crippen MR) is 141 cm³/mol. The first-order valence-electron chi connectivity index (χ1n) is 11.3. The molecule has 0 spiro atoms. The minimum absolute atomic E-state index is 0.0465. The van der Waals surface area contributed by atoms with Crippen LogP contribution in [0.15, 0.2) is 52.6 Å². The van der Waals surface area contributed by atoms with Crippen LogP contribution in [0.5, 0.6) is 5.75 Å². The van der Waals surface area contributed by atoms with Gasteiger partial charge in [-0.05, 0) is 31.3 Å². The second-order valence-corrected chi connectivity index (χ2v) is 10.3. The van der Waals surface area contributed by atoms with E-state index < -0.39 is 39.4 Å². The van der Waals surface area contributed by atoms with Gasteiger partial charge in [0.25, 0.3) is 0 Å². The number of aromatic hydroxyl groups is 1. The molecule has 1 aliphatic heterocycles. The average Bonchev–Trinajstić information content (AvgIpc) is 2.87. The summed E-state index contributed by atoms with van der Waals surface area (Å²) in [4.78, 5) is 26.9. The van der Waals surface area contributed by atoms with Gasteiger partial charge in [-0.3, -0.25) is 22.5 Å². The number of amidine groups is 1. The van der Waals surface area contributed by atoms with E-state index in [2.05, 4.69) is 20.3 Å². The molecule has 1 amide bonds. The van der Waals surface area contributed by atoms with Crippen molar-refractivity contribution in [3.05, 3.63) is 59.9 Å². The van der Waals surface area contributed by atoms with Gasteiger partial charge in [-0.2, -0.15) is 0 Å². The standard InChI is InChI=1S/C24H24F2N6O4S2/c1-31-8-9-32(37-36-11-10-31)24(29-18-13-27-7-6-20(18)38(2)35)15-12-17(26)22(30-23(15)28-14-33)21-16(25)4-3-5-19(21)34/h3-7,12-14,34H,8-11H2,1-2H3,(H,28,30,33). The lowest BCUT2D eigenvalue weighted by molar-refractivity contribution is -0.105. The van der Waals surface area contributed by atoms with Crippen molar-refractivity contribution in [2.45, 2.75) is 4.90 Å². The molecule has 14 heteroatoms. The number of carbonyl (C=O) groups is 1. The fourth-order valence-corrected chi connectivity index (χ4v) is 4.95. The molecule has 1 atom stereocenters. The van der Waals surface area contributed by atoms with Crippen LogP contribution in [0, 0.1) is 11.6 Å². The zero-order valence-corrected chi connectivity index (χ0v) is 22.1. The van der Waals surface area contributed by atoms with Gasteiger partial charge in [0.15, 0.2) is 11.7 Å². The molecule has 0 saturated carbocycles. The first-order chi connectivity index (χ1) is 18.3. The van der Waals surface area contributed by atoms with Crippen molar-refractivity contribution < 1.29 is 27.1 Å². The second-order valence-electron chi connectivity index (χ2n) is 8.15. The van der Waals surface area contributed by atoms with Gasteiger partial charge in [0, 0.05) is 32.1 Å². The number of halogens is 2. The van der Waals surface area contributed by atoms with Gasteiger partial charge in [0.05, 0.1) is 45.3 Å². The number of benzene rings is 1. The van der Waals surface area contributed by atoms with Crippen LogP contribution in [-0.4, -0.2) is 80.3 Å². The van der Waals surface area contributed by atoms with E-state index in [4.69, 9.17) is 4.18 Å². The van der Waals surface area contributed by atoms with E-state index in [0.717, 1.165) is 24.4 Å². The molecule has 3 aromatic rings. The lowest BCUT2D eigenvalue weighted by Gasteiger charge is -2.30. The number of nitrogens with one attached hydrogen (secondary N) is 1. The molecule has 1 unspecified atom stereocenters. The van der Waals surface area contributed by atoms with Crippen molar-refractivity contribution in [3.8, 4) is 17.0 Å². The summed E-state index contributed by atoms with van der Waals surface area (Å²) in [5.41, 5.74) is -0.649. The first kappa shape index (κ1) is 27.6. The number of hydrogen-bond acceptors (Lipinski definition) is 9. The zero-order chi connectivity index (χ0) is 27.2. The van der Waals surface area contributed by atoms with Crippen molar-refractivity contribution >= 4 is 46.8 Å². The number of rotatable bonds is 6. The summed E-state index contributed by atoms with van der Waals surface area (Å²) in [7, 11) is 0.501. The summed E-state index contributed by atoms with van der Waals surface area (Å²) in [5, 5.41) is 12.6. The molecule has 1 fully saturated rings. The van der Waals surface area contributed by atoms with Crippen LogP contribution in [0.3, 0.4) is 0 Å². The van der Waals surface area contributed by atoms with Crippen LogP contribution in [-0.2, 0) is 19.8 Å². The maximum Gasteiger partial charge on any atom is 0.212 e. The number of phenolic OH excluding ortho intramolecular Hbond substituents is 1. The average molecular weight is 563 g/mol. The van der Waals surface area contributed by atoms with Crippen LogP contribution in [0.25, 0.3) is 11.3 Å². The Bertz CT molecular complexity index is 1370. The topological polar surface area (TPSA) is 120 Å². The highest BCUT2D eigenvalue weighted by Gasteiger charge is 2.26. The smallest absolute Gasteiger partial charge is 0.212 e. The van der Waals surface area contributed by atoms with Gasteiger partial charge in [-0.15, -0.1) is 0 Å². The third-order valence-electron chi connectivity index (χ3n) is 5.56. The maximum atomic E-state index is 15.6. The van der Waals surface area contributed by atoms with Crippen molar-refractivity contribution in [1.29, 1.82) is 0 Å². The van der Waals surface area contributed by atoms with E-state index in [9.17, 15) is 18.5 Å². The van der Waals surface area contributed by atoms with E-state index in [0.29, 0.717) is 37.5 Å². The highest BCUT2D eigenvalue weighted by atomic mass is 32.2. The highest BCUT2D eigenvalue weighted by molar-refractivity contribution is 7.92. The van der Waals surface area contributed by atoms with Gasteiger partial charge in [-0.1, -0.05) is 6.07 Å². The normalized spacial score (nSPS) is 16.0. The third-order valence-corrected chi connectivity index (χ3v) is 7.33. The summed E-state index contributed by atoms with van der Waals surface area (Å²) in [5.74, 6) is -2.39. The molecule has 2 N–H and O–H groups in total. The van der Waals surface area contributed by atoms with Gasteiger partial charge < -0.3 is 15.3 Å². The maximum absolute atomic E-state index is 15.6. The Morgan fingerprint density at radius 2 is 2.08 bits per heavy atom. The molecule has 1 aromatic carbocycles. The summed E-state index contributed by atoms with van der Waals surface area (Å²) >= 11 is 0.987. The van der Waals surface area contributed by atoms with Crippen molar-refractivity contribution in [3.63, 3.8) is 0 Å². The van der Waals surface area contributed by atoms with Gasteiger partial charge >= 0.3 is 0 Å². The van der Waals surface area contributed by atoms with Crippen LogP contribution >= 0.6 is 12.2 Å². The molecule has 38 heavy (non-hydrogen) atoms. The van der Waals surface area contributed by atoms with Crippen molar-refractivity contribution in [1.82, 2.24) is 19.2 Å². The molecule has 10 nitrogen and oxygen atoms in total. The minimum atomic E-state index is -1.42. The summed E-state index contributed by atoms with van der Waals surface area (Å²) in [6.45, 7) is 2.08. The molecule has 1 saturated heterocycles. The van der Waals surface area contributed by atoms with E-state index in [1.165, 1.54) is 30.8 Å². The fourth-order valence-electron chi connectivity index (χ4n) is 3.66. The molecule has 0 bridgehead atoms. The van der Waals surface area contributed by atoms with Crippen LogP contribution in [0.1, 0.15) is 5.56 Å². The number of hydrogen-bond donors (Lipinski definition) is 2. The number of phenols is 1. The minimum Gasteiger partial charge on any atom is -0.507 e. The lowest BCUT2D eigenvalue weighted by Crippen LogP contribution is -2.38. The lowest BCUT2D eigenvalue weighted by atomic mass is 10.1. The summed E-state index contributed by atoms with van der Waals surface area (Å²) < 4.78 is 49.8. The Balaban J connectivity index is 1.94. The van der Waals surface area contributed by atoms with E-state index >= 15 is 4.39 Å². The number of carbonyl (C=O) groups excluding carboxylic acids is 1. The zero-order valence-electron chi connectivity index (χ0n) is 20.4. The first-order valence-corrected chi connectivity index (χ1v) is 13.6. The molecule has 200 valence electrons. The van der Waals surface area contributed by atoms with Crippen LogP contribution < -0.4 is 5.32 Å². The number of amides is 1. The Hall–Kier alpha value is -3.46. The van der Waals surface area contributed by atoms with E-state index in [1.54, 1.807) is 10.4 Å². The number of anilines is 1. The van der Waals surface area contributed by atoms with Gasteiger partial charge in [0.2, 0.25) is 6.41 Å². The third kappa shape index (κ3) is 6.15. The molecule has 1 aliphatic rings. The summed E-state index contributed by atoms with van der Waals surface area (Å²) in [6, 6.07) is 6.14. The number of likely N-dealkylation sites (N-methyl/N-ethyl adjacent to an activating group) is 1. The fraction of sp³-hybridized carbons (Fsp3) is 0.250. The van der Waals surface area contributed by atoms with Crippen LogP contribution in [0.2, 0.25) is 0 Å². The molecule has 2 aromatic heterocycles. The van der Waals surface area contributed by atoms with Gasteiger partial charge in [0.1, 0.15) is 35.3 Å². The SMILES string of the molecule is CN1CCOSN(C(=Nc2cnccc2S(C)=O)c2cc(F)c(-c3c(O)cccc3F)nc2NC=O)CC1. The predicted octanol–water partition coefficient (Wildman–Crippen LogP) is 3.34. The summed E-state index contributed by atoms with van der Waals surface area (Å²) in [6.07, 6.45) is 4.73. The number of aromatic nitrogens is 2. The number of nitrogens with zero attached hydrogens (tertiary/aromatic N) is 5. The Morgan fingerprint density at radius 1 is 1.26 bits per heavy atom. The molecule has 3 heterocycles. The molecule has 0 aliphatic carbocycles. The van der Waals surface area contributed by atoms with Crippen molar-refractivity contribution in [2.75, 3.05) is 44.9 Å². The van der Waals surface area contributed by atoms with Crippen LogP contribution in [0.4, 0.5) is 20.3 Å². The quantitative estimate of drug-likeness (QED) is 0.153. The molecular weight excluding hydrogens is 538 g/mol. The monoisotopic (exact) mass is 562 g/mol. The van der Waals surface area contributed by atoms with Gasteiger partial charge in [-0.25, -0.2) is 18.8 Å². The Kier molecular flexibility index (Phi) is 8.99. The Labute approximate surface area is 224 Å². The Morgan fingerprint density at radius 3 is 2.82 bits per heavy atom. The molecular formula is C24H24F2N6O4S2. The number of pyridine rings is 2. The number of aliphatic imine (C=N–C) groups is 1. The van der Waals surface area contributed by atoms with E-state index in [-0.39, 0.29) is 22.9 Å². The molecule has 4 rings (SSSR count). The molecule has 0 radical (unpaired) electrons. The van der Waals surface area contributed by atoms with Crippen molar-refractivity contribution in [2.24, 2.45) is 4.99 Å². The largest absolute Gasteiger partial charge is 0.507 e. The second kappa shape index (κ2) is 12.4. The highest BCUT2D eigenvalue weighted by Crippen LogP contribution is 2.35. The van der Waals surface area contributed by atoms with E-state index in [1.807, 2.05) is 11.9 Å².